The van der Waals surface area contributed by atoms with Gasteiger partial charge in [0.1, 0.15) is 0 Å². The summed E-state index contributed by atoms with van der Waals surface area (Å²) < 4.78 is 1.80. The molecule has 1 aliphatic heterocycles. The number of aryl methyl sites for hydroxylation is 1. The number of hydrogen-bond acceptors (Lipinski definition) is 5. The summed E-state index contributed by atoms with van der Waals surface area (Å²) in [5.74, 6) is -0.608. The molecule has 0 saturated carbocycles. The Balaban J connectivity index is 1.16. The zero-order chi connectivity index (χ0) is 27.4. The zero-order valence-corrected chi connectivity index (χ0v) is 21.6. The van der Waals surface area contributed by atoms with Gasteiger partial charge < -0.3 is 25.2 Å². The van der Waals surface area contributed by atoms with Crippen molar-refractivity contribution in [3.8, 4) is 0 Å². The largest absolute Gasteiger partial charge is 0.393 e. The standard InChI is InChI=1S/C31H30N4O4/c1-34-17-14-24(20-34)31(39)33-26-10-4-22(5-11-26)29(37)21-2-8-25(9-3-21)32-30(38)23-6-12-27(13-7-23)35-18-15-28(36)16-19-35/h2-14,17,20,28,36H,15-16,18-19H2,1H3,(H,32,38)(H,33,39). The number of piperidine rings is 1. The van der Waals surface area contributed by atoms with E-state index < -0.39 is 0 Å². The van der Waals surface area contributed by atoms with Crippen LogP contribution in [-0.2, 0) is 7.05 Å². The van der Waals surface area contributed by atoms with E-state index in [-0.39, 0.29) is 23.7 Å². The van der Waals surface area contributed by atoms with Crippen LogP contribution in [0, 0.1) is 0 Å². The molecule has 1 aliphatic rings. The molecule has 0 atom stereocenters. The molecule has 0 radical (unpaired) electrons. The molecule has 8 heteroatoms. The lowest BCUT2D eigenvalue weighted by Gasteiger charge is -2.31. The third kappa shape index (κ3) is 6.25. The van der Waals surface area contributed by atoms with Crippen LogP contribution in [0.2, 0.25) is 0 Å². The van der Waals surface area contributed by atoms with Gasteiger partial charge in [-0.25, -0.2) is 0 Å². The summed E-state index contributed by atoms with van der Waals surface area (Å²) in [6, 6.07) is 22.7. The molecular formula is C31H30N4O4. The number of aliphatic hydroxyl groups excluding tert-OH is 1. The molecule has 2 amide bonds. The number of carbonyl (C=O) groups is 3. The summed E-state index contributed by atoms with van der Waals surface area (Å²) in [5, 5.41) is 15.4. The zero-order valence-electron chi connectivity index (χ0n) is 21.6. The van der Waals surface area contributed by atoms with Crippen LogP contribution < -0.4 is 15.5 Å². The van der Waals surface area contributed by atoms with E-state index in [4.69, 9.17) is 0 Å². The van der Waals surface area contributed by atoms with Gasteiger partial charge in [0.15, 0.2) is 5.78 Å². The second-order valence-corrected chi connectivity index (χ2v) is 9.72. The fourth-order valence-corrected chi connectivity index (χ4v) is 4.57. The van der Waals surface area contributed by atoms with Gasteiger partial charge in [-0.1, -0.05) is 0 Å². The molecule has 0 unspecified atom stereocenters. The van der Waals surface area contributed by atoms with Crippen molar-refractivity contribution in [2.45, 2.75) is 18.9 Å². The molecule has 1 fully saturated rings. The Morgan fingerprint density at radius 2 is 1.18 bits per heavy atom. The van der Waals surface area contributed by atoms with Gasteiger partial charge in [-0.2, -0.15) is 0 Å². The monoisotopic (exact) mass is 522 g/mol. The Morgan fingerprint density at radius 3 is 1.67 bits per heavy atom. The lowest BCUT2D eigenvalue weighted by molar-refractivity contribution is 0.101. The molecule has 198 valence electrons. The Hall–Kier alpha value is -4.69. The van der Waals surface area contributed by atoms with Crippen LogP contribution in [0.15, 0.2) is 91.3 Å². The third-order valence-corrected chi connectivity index (χ3v) is 6.86. The number of aromatic nitrogens is 1. The number of aliphatic hydroxyl groups is 1. The predicted octanol–water partition coefficient (Wildman–Crippen LogP) is 4.72. The number of anilines is 3. The highest BCUT2D eigenvalue weighted by Crippen LogP contribution is 2.22. The fraction of sp³-hybridized carbons (Fsp3) is 0.194. The van der Waals surface area contributed by atoms with Crippen molar-refractivity contribution < 1.29 is 19.5 Å². The van der Waals surface area contributed by atoms with Crippen LogP contribution in [0.3, 0.4) is 0 Å². The average Bonchev–Trinajstić information content (AvgIpc) is 3.40. The van der Waals surface area contributed by atoms with Crippen molar-refractivity contribution in [2.75, 3.05) is 28.6 Å². The summed E-state index contributed by atoms with van der Waals surface area (Å²) in [6.45, 7) is 1.60. The highest BCUT2D eigenvalue weighted by molar-refractivity contribution is 6.10. The summed E-state index contributed by atoms with van der Waals surface area (Å²) in [5.41, 5.74) is 4.30. The topological polar surface area (TPSA) is 104 Å². The van der Waals surface area contributed by atoms with Crippen molar-refractivity contribution in [1.29, 1.82) is 0 Å². The molecule has 2 heterocycles. The maximum absolute atomic E-state index is 12.9. The molecule has 8 nitrogen and oxygen atoms in total. The quantitative estimate of drug-likeness (QED) is 0.305. The second kappa shape index (κ2) is 11.4. The molecule has 3 aromatic carbocycles. The summed E-state index contributed by atoms with van der Waals surface area (Å²) in [7, 11) is 1.85. The van der Waals surface area contributed by atoms with Crippen molar-refractivity contribution in [2.24, 2.45) is 7.05 Å². The van der Waals surface area contributed by atoms with Crippen LogP contribution in [0.25, 0.3) is 0 Å². The molecule has 0 spiro atoms. The normalized spacial score (nSPS) is 13.6. The molecule has 0 bridgehead atoms. The van der Waals surface area contributed by atoms with E-state index in [1.165, 1.54) is 0 Å². The average molecular weight is 523 g/mol. The first-order valence-corrected chi connectivity index (χ1v) is 12.9. The number of amides is 2. The maximum atomic E-state index is 12.9. The van der Waals surface area contributed by atoms with E-state index in [0.717, 1.165) is 31.6 Å². The van der Waals surface area contributed by atoms with Gasteiger partial charge in [-0.15, -0.1) is 0 Å². The number of ketones is 1. The van der Waals surface area contributed by atoms with E-state index in [1.807, 2.05) is 19.2 Å². The number of carbonyl (C=O) groups excluding carboxylic acids is 3. The van der Waals surface area contributed by atoms with Crippen molar-refractivity contribution in [3.05, 3.63) is 114 Å². The van der Waals surface area contributed by atoms with E-state index in [0.29, 0.717) is 33.6 Å². The van der Waals surface area contributed by atoms with Crippen LogP contribution in [0.4, 0.5) is 17.1 Å². The first kappa shape index (κ1) is 25.9. The first-order valence-electron chi connectivity index (χ1n) is 12.9. The summed E-state index contributed by atoms with van der Waals surface area (Å²) in [4.78, 5) is 40.2. The number of nitrogens with zero attached hydrogens (tertiary/aromatic N) is 2. The molecular weight excluding hydrogens is 492 g/mol. The Morgan fingerprint density at radius 1 is 0.692 bits per heavy atom. The Labute approximate surface area is 226 Å². The van der Waals surface area contributed by atoms with Gasteiger partial charge in [-0.05, 0) is 91.7 Å². The molecule has 3 N–H and O–H groups in total. The van der Waals surface area contributed by atoms with Crippen molar-refractivity contribution in [3.63, 3.8) is 0 Å². The minimum Gasteiger partial charge on any atom is -0.393 e. The number of nitrogens with one attached hydrogen (secondary N) is 2. The molecule has 0 aliphatic carbocycles. The van der Waals surface area contributed by atoms with E-state index in [1.54, 1.807) is 83.7 Å². The molecule has 4 aromatic rings. The van der Waals surface area contributed by atoms with Crippen LogP contribution in [-0.4, -0.2) is 46.5 Å². The van der Waals surface area contributed by atoms with Crippen LogP contribution >= 0.6 is 0 Å². The highest BCUT2D eigenvalue weighted by Gasteiger charge is 2.18. The molecule has 39 heavy (non-hydrogen) atoms. The minimum atomic E-state index is -0.233. The van der Waals surface area contributed by atoms with Gasteiger partial charge in [0, 0.05) is 66.3 Å². The van der Waals surface area contributed by atoms with Crippen molar-refractivity contribution >= 4 is 34.7 Å². The predicted molar refractivity (Wildman–Crippen MR) is 152 cm³/mol. The maximum Gasteiger partial charge on any atom is 0.257 e. The summed E-state index contributed by atoms with van der Waals surface area (Å²) in [6.07, 6.45) is 4.80. The van der Waals surface area contributed by atoms with Gasteiger partial charge >= 0.3 is 0 Å². The summed E-state index contributed by atoms with van der Waals surface area (Å²) >= 11 is 0. The number of benzene rings is 3. The smallest absolute Gasteiger partial charge is 0.257 e. The SMILES string of the molecule is Cn1ccc(C(=O)Nc2ccc(C(=O)c3ccc(NC(=O)c4ccc(N5CCC(O)CC5)cc4)cc3)cc2)c1. The molecule has 5 rings (SSSR count). The third-order valence-electron chi connectivity index (χ3n) is 6.86. The van der Waals surface area contributed by atoms with E-state index in [2.05, 4.69) is 15.5 Å². The van der Waals surface area contributed by atoms with E-state index >= 15 is 0 Å². The van der Waals surface area contributed by atoms with Gasteiger partial charge in [-0.3, -0.25) is 14.4 Å². The van der Waals surface area contributed by atoms with Gasteiger partial charge in [0.2, 0.25) is 0 Å². The van der Waals surface area contributed by atoms with Crippen LogP contribution in [0.1, 0.15) is 49.5 Å². The second-order valence-electron chi connectivity index (χ2n) is 9.72. The van der Waals surface area contributed by atoms with Crippen LogP contribution in [0.5, 0.6) is 0 Å². The number of rotatable bonds is 7. The highest BCUT2D eigenvalue weighted by atomic mass is 16.3. The Bertz CT molecular complexity index is 1470. The fourth-order valence-electron chi connectivity index (χ4n) is 4.57. The van der Waals surface area contributed by atoms with Gasteiger partial charge in [0.25, 0.3) is 11.8 Å². The minimum absolute atomic E-state index is 0.158. The number of hydrogen-bond donors (Lipinski definition) is 3. The lowest BCUT2D eigenvalue weighted by atomic mass is 10.0. The Kier molecular flexibility index (Phi) is 7.56. The molecule has 1 aromatic heterocycles. The lowest BCUT2D eigenvalue weighted by Crippen LogP contribution is -2.35. The van der Waals surface area contributed by atoms with Crippen molar-refractivity contribution in [1.82, 2.24) is 4.57 Å². The van der Waals surface area contributed by atoms with E-state index in [9.17, 15) is 19.5 Å². The first-order chi connectivity index (χ1) is 18.9. The van der Waals surface area contributed by atoms with Gasteiger partial charge in [0.05, 0.1) is 11.7 Å². The molecule has 1 saturated heterocycles.